The standard InChI is InChI=1S/C10H15N5O2S/c1-8-10(7-12-14(8)2)18(16,17)13-6-9-4-5-11-15(9)3/h4-5,7,13H,6H2,1-3H3. The normalized spacial score (nSPS) is 11.9. The fourth-order valence-electron chi connectivity index (χ4n) is 1.56. The van der Waals surface area contributed by atoms with Crippen molar-refractivity contribution in [3.8, 4) is 0 Å². The third kappa shape index (κ3) is 2.29. The Morgan fingerprint density at radius 2 is 2.00 bits per heavy atom. The molecule has 0 fully saturated rings. The molecular weight excluding hydrogens is 254 g/mol. The Kier molecular flexibility index (Phi) is 3.22. The molecule has 0 amide bonds. The summed E-state index contributed by atoms with van der Waals surface area (Å²) in [5.41, 5.74) is 1.40. The molecular formula is C10H15N5O2S. The first kappa shape index (κ1) is 12.8. The van der Waals surface area contributed by atoms with Crippen molar-refractivity contribution < 1.29 is 8.42 Å². The molecule has 0 aliphatic heterocycles. The molecule has 0 aromatic carbocycles. The monoisotopic (exact) mass is 269 g/mol. The molecule has 0 saturated carbocycles. The molecule has 1 N–H and O–H groups in total. The quantitative estimate of drug-likeness (QED) is 0.843. The highest BCUT2D eigenvalue weighted by Gasteiger charge is 2.19. The van der Waals surface area contributed by atoms with E-state index in [0.29, 0.717) is 5.69 Å². The summed E-state index contributed by atoms with van der Waals surface area (Å²) in [6, 6.07) is 1.76. The molecule has 0 spiro atoms. The lowest BCUT2D eigenvalue weighted by Gasteiger charge is -2.06. The highest BCUT2D eigenvalue weighted by atomic mass is 32.2. The van der Waals surface area contributed by atoms with Gasteiger partial charge in [0.15, 0.2) is 0 Å². The average molecular weight is 269 g/mol. The molecule has 2 aromatic heterocycles. The molecule has 2 aromatic rings. The maximum atomic E-state index is 12.1. The highest BCUT2D eigenvalue weighted by molar-refractivity contribution is 7.89. The van der Waals surface area contributed by atoms with Crippen LogP contribution in [-0.4, -0.2) is 28.0 Å². The minimum Gasteiger partial charge on any atom is -0.272 e. The predicted octanol–water partition coefficient (Wildman–Crippen LogP) is -0.0595. The van der Waals surface area contributed by atoms with Crippen molar-refractivity contribution in [1.29, 1.82) is 0 Å². The number of nitrogens with one attached hydrogen (secondary N) is 1. The highest BCUT2D eigenvalue weighted by Crippen LogP contribution is 2.13. The Hall–Kier alpha value is -1.67. The van der Waals surface area contributed by atoms with Gasteiger partial charge in [0.2, 0.25) is 10.0 Å². The van der Waals surface area contributed by atoms with Crippen LogP contribution in [0.1, 0.15) is 11.4 Å². The summed E-state index contributed by atoms with van der Waals surface area (Å²) in [4.78, 5) is 0.201. The largest absolute Gasteiger partial charge is 0.272 e. The summed E-state index contributed by atoms with van der Waals surface area (Å²) in [5.74, 6) is 0. The second-order valence-corrected chi connectivity index (χ2v) is 5.72. The van der Waals surface area contributed by atoms with Crippen molar-refractivity contribution >= 4 is 10.0 Å². The zero-order chi connectivity index (χ0) is 13.3. The first-order valence-corrected chi connectivity index (χ1v) is 6.85. The Balaban J connectivity index is 2.18. The first-order chi connectivity index (χ1) is 8.42. The van der Waals surface area contributed by atoms with Crippen molar-refractivity contribution in [2.75, 3.05) is 0 Å². The second kappa shape index (κ2) is 4.54. The van der Waals surface area contributed by atoms with Crippen molar-refractivity contribution in [3.63, 3.8) is 0 Å². The fourth-order valence-corrected chi connectivity index (χ4v) is 2.76. The molecule has 98 valence electrons. The zero-order valence-corrected chi connectivity index (χ0v) is 11.3. The van der Waals surface area contributed by atoms with Crippen molar-refractivity contribution in [2.24, 2.45) is 14.1 Å². The van der Waals surface area contributed by atoms with Crippen LogP contribution < -0.4 is 4.72 Å². The molecule has 2 rings (SSSR count). The van der Waals surface area contributed by atoms with Gasteiger partial charge in [-0.1, -0.05) is 0 Å². The molecule has 0 radical (unpaired) electrons. The smallest absolute Gasteiger partial charge is 0.244 e. The number of aromatic nitrogens is 4. The minimum atomic E-state index is -3.54. The van der Waals surface area contributed by atoms with Gasteiger partial charge in [-0.3, -0.25) is 9.36 Å². The van der Waals surface area contributed by atoms with Crippen LogP contribution in [0.3, 0.4) is 0 Å². The topological polar surface area (TPSA) is 81.8 Å². The van der Waals surface area contributed by atoms with E-state index in [1.54, 1.807) is 38.0 Å². The lowest BCUT2D eigenvalue weighted by atomic mass is 10.4. The molecule has 18 heavy (non-hydrogen) atoms. The summed E-state index contributed by atoms with van der Waals surface area (Å²) in [7, 11) is -0.0707. The molecule has 8 heteroatoms. The van der Waals surface area contributed by atoms with E-state index in [1.165, 1.54) is 10.9 Å². The van der Waals surface area contributed by atoms with Crippen molar-refractivity contribution in [2.45, 2.75) is 18.4 Å². The van der Waals surface area contributed by atoms with Gasteiger partial charge in [0.25, 0.3) is 0 Å². The van der Waals surface area contributed by atoms with Crippen LogP contribution in [0.5, 0.6) is 0 Å². The number of hydrogen-bond donors (Lipinski definition) is 1. The van der Waals surface area contributed by atoms with E-state index in [1.807, 2.05) is 0 Å². The second-order valence-electron chi connectivity index (χ2n) is 3.99. The Morgan fingerprint density at radius 3 is 2.50 bits per heavy atom. The molecule has 0 atom stereocenters. The van der Waals surface area contributed by atoms with E-state index in [-0.39, 0.29) is 11.4 Å². The van der Waals surface area contributed by atoms with Gasteiger partial charge in [-0.2, -0.15) is 10.2 Å². The van der Waals surface area contributed by atoms with Gasteiger partial charge in [-0.05, 0) is 13.0 Å². The van der Waals surface area contributed by atoms with Crippen LogP contribution in [-0.2, 0) is 30.7 Å². The molecule has 2 heterocycles. The minimum absolute atomic E-state index is 0.201. The summed E-state index contributed by atoms with van der Waals surface area (Å²) < 4.78 is 29.8. The van der Waals surface area contributed by atoms with E-state index in [4.69, 9.17) is 0 Å². The van der Waals surface area contributed by atoms with Gasteiger partial charge in [0, 0.05) is 20.3 Å². The third-order valence-electron chi connectivity index (χ3n) is 2.85. The van der Waals surface area contributed by atoms with E-state index < -0.39 is 10.0 Å². The summed E-state index contributed by atoms with van der Waals surface area (Å²) in [6.07, 6.45) is 2.97. The SMILES string of the molecule is Cc1c(S(=O)(=O)NCc2ccnn2C)cnn1C. The number of nitrogens with zero attached hydrogens (tertiary/aromatic N) is 4. The molecule has 0 saturated heterocycles. The van der Waals surface area contributed by atoms with Crippen LogP contribution in [0.25, 0.3) is 0 Å². The lowest BCUT2D eigenvalue weighted by molar-refractivity contribution is 0.576. The zero-order valence-electron chi connectivity index (χ0n) is 10.5. The summed E-state index contributed by atoms with van der Waals surface area (Å²) in [5, 5.41) is 7.90. The molecule has 7 nitrogen and oxygen atoms in total. The molecule has 0 bridgehead atoms. The third-order valence-corrected chi connectivity index (χ3v) is 4.35. The van der Waals surface area contributed by atoms with Crippen LogP contribution in [0.15, 0.2) is 23.4 Å². The summed E-state index contributed by atoms with van der Waals surface area (Å²) >= 11 is 0. The number of aryl methyl sites for hydroxylation is 2. The number of rotatable bonds is 4. The Morgan fingerprint density at radius 1 is 1.28 bits per heavy atom. The van der Waals surface area contributed by atoms with E-state index in [2.05, 4.69) is 14.9 Å². The van der Waals surface area contributed by atoms with Crippen molar-refractivity contribution in [1.82, 2.24) is 24.3 Å². The number of hydrogen-bond acceptors (Lipinski definition) is 4. The molecule has 0 aliphatic rings. The fraction of sp³-hybridized carbons (Fsp3) is 0.400. The molecule has 0 unspecified atom stereocenters. The Labute approximate surface area is 105 Å². The first-order valence-electron chi connectivity index (χ1n) is 5.37. The van der Waals surface area contributed by atoms with Gasteiger partial charge in [0.05, 0.1) is 24.1 Å². The maximum absolute atomic E-state index is 12.1. The van der Waals surface area contributed by atoms with Gasteiger partial charge >= 0.3 is 0 Å². The van der Waals surface area contributed by atoms with E-state index >= 15 is 0 Å². The van der Waals surface area contributed by atoms with Gasteiger partial charge in [0.1, 0.15) is 4.90 Å². The van der Waals surface area contributed by atoms with Gasteiger partial charge < -0.3 is 0 Å². The number of sulfonamides is 1. The predicted molar refractivity (Wildman–Crippen MR) is 65.2 cm³/mol. The van der Waals surface area contributed by atoms with E-state index in [0.717, 1.165) is 5.69 Å². The Bertz CT molecular complexity index is 656. The molecule has 0 aliphatic carbocycles. The van der Waals surface area contributed by atoms with Crippen LogP contribution in [0, 0.1) is 6.92 Å². The van der Waals surface area contributed by atoms with Gasteiger partial charge in [-0.15, -0.1) is 0 Å². The van der Waals surface area contributed by atoms with Crippen LogP contribution >= 0.6 is 0 Å². The van der Waals surface area contributed by atoms with Crippen molar-refractivity contribution in [3.05, 3.63) is 29.8 Å². The average Bonchev–Trinajstić information content (AvgIpc) is 2.85. The van der Waals surface area contributed by atoms with Gasteiger partial charge in [-0.25, -0.2) is 13.1 Å². The maximum Gasteiger partial charge on any atom is 0.244 e. The van der Waals surface area contributed by atoms with E-state index in [9.17, 15) is 8.42 Å². The summed E-state index contributed by atoms with van der Waals surface area (Å²) in [6.45, 7) is 1.92. The lowest BCUT2D eigenvalue weighted by Crippen LogP contribution is -2.24. The van der Waals surface area contributed by atoms with Crippen LogP contribution in [0.2, 0.25) is 0 Å². The van der Waals surface area contributed by atoms with Crippen LogP contribution in [0.4, 0.5) is 0 Å².